The first kappa shape index (κ1) is 15.3. The maximum atomic E-state index is 13.0. The van der Waals surface area contributed by atoms with Crippen LogP contribution in [-0.2, 0) is 0 Å². The number of hydrogen-bond acceptors (Lipinski definition) is 5. The van der Waals surface area contributed by atoms with Gasteiger partial charge in [-0.15, -0.1) is 0 Å². The van der Waals surface area contributed by atoms with Crippen molar-refractivity contribution in [3.8, 4) is 11.3 Å². The standard InChI is InChI=1S/C15H10FN5O3/c16-11-3-1-10(2-4-11)12-5-6-13(21(23)24)14(18-12)19-15(22)20-8-7-17-9-20/h1-9H,(H,18,19,22). The van der Waals surface area contributed by atoms with Gasteiger partial charge in [-0.1, -0.05) is 0 Å². The predicted octanol–water partition coefficient (Wildman–Crippen LogP) is 3.07. The number of halogens is 1. The van der Waals surface area contributed by atoms with Gasteiger partial charge in [0.1, 0.15) is 12.1 Å². The van der Waals surface area contributed by atoms with Gasteiger partial charge in [0, 0.05) is 24.0 Å². The van der Waals surface area contributed by atoms with Gasteiger partial charge in [-0.05, 0) is 30.3 Å². The molecular weight excluding hydrogens is 317 g/mol. The van der Waals surface area contributed by atoms with Crippen LogP contribution in [0.3, 0.4) is 0 Å². The van der Waals surface area contributed by atoms with E-state index in [0.717, 1.165) is 4.57 Å². The molecule has 0 aliphatic carbocycles. The molecule has 0 aliphatic heterocycles. The fraction of sp³-hybridized carbons (Fsp3) is 0. The van der Waals surface area contributed by atoms with E-state index in [1.54, 1.807) is 0 Å². The third-order valence-electron chi connectivity index (χ3n) is 3.17. The number of anilines is 1. The summed E-state index contributed by atoms with van der Waals surface area (Å²) in [5, 5.41) is 13.5. The summed E-state index contributed by atoms with van der Waals surface area (Å²) in [6, 6.07) is 7.51. The van der Waals surface area contributed by atoms with Crippen molar-refractivity contribution in [1.82, 2.24) is 14.5 Å². The second kappa shape index (κ2) is 6.24. The molecule has 9 heteroatoms. The molecule has 8 nitrogen and oxygen atoms in total. The SMILES string of the molecule is O=C(Nc1nc(-c2ccc(F)cc2)ccc1[N+](=O)[O-])n1ccnc1. The molecule has 2 heterocycles. The van der Waals surface area contributed by atoms with Crippen LogP contribution in [0, 0.1) is 15.9 Å². The third-order valence-corrected chi connectivity index (χ3v) is 3.17. The van der Waals surface area contributed by atoms with E-state index in [0.29, 0.717) is 11.3 Å². The molecular formula is C15H10FN5O3. The van der Waals surface area contributed by atoms with Gasteiger partial charge in [-0.2, -0.15) is 0 Å². The summed E-state index contributed by atoms with van der Waals surface area (Å²) in [5.41, 5.74) is 0.570. The molecule has 0 aliphatic rings. The van der Waals surface area contributed by atoms with Gasteiger partial charge in [0.15, 0.2) is 0 Å². The number of nitro groups is 1. The minimum Gasteiger partial charge on any atom is -0.286 e. The largest absolute Gasteiger partial charge is 0.332 e. The summed E-state index contributed by atoms with van der Waals surface area (Å²) in [6.07, 6.45) is 4.05. The topological polar surface area (TPSA) is 103 Å². The third kappa shape index (κ3) is 3.09. The van der Waals surface area contributed by atoms with Gasteiger partial charge in [0.2, 0.25) is 5.82 Å². The minimum atomic E-state index is -0.648. The summed E-state index contributed by atoms with van der Waals surface area (Å²) >= 11 is 0. The Hall–Kier alpha value is -3.62. The number of nitrogens with one attached hydrogen (secondary N) is 1. The fourth-order valence-electron chi connectivity index (χ4n) is 2.02. The van der Waals surface area contributed by atoms with Crippen LogP contribution >= 0.6 is 0 Å². The molecule has 1 amide bonds. The zero-order valence-electron chi connectivity index (χ0n) is 12.1. The highest BCUT2D eigenvalue weighted by Gasteiger charge is 2.19. The molecule has 24 heavy (non-hydrogen) atoms. The molecule has 3 rings (SSSR count). The number of amides is 1. The van der Waals surface area contributed by atoms with Crippen molar-refractivity contribution in [3.63, 3.8) is 0 Å². The Morgan fingerprint density at radius 2 is 1.96 bits per heavy atom. The average Bonchev–Trinajstić information content (AvgIpc) is 3.10. The highest BCUT2D eigenvalue weighted by molar-refractivity contribution is 5.92. The van der Waals surface area contributed by atoms with Crippen molar-refractivity contribution in [2.45, 2.75) is 0 Å². The molecule has 0 unspecified atom stereocenters. The number of hydrogen-bond donors (Lipinski definition) is 1. The van der Waals surface area contributed by atoms with Crippen LogP contribution in [0.2, 0.25) is 0 Å². The van der Waals surface area contributed by atoms with E-state index >= 15 is 0 Å². The second-order valence-corrected chi connectivity index (χ2v) is 4.73. The lowest BCUT2D eigenvalue weighted by Gasteiger charge is -2.08. The molecule has 0 saturated carbocycles. The molecule has 3 aromatic rings. The zero-order valence-corrected chi connectivity index (χ0v) is 12.1. The molecule has 0 fully saturated rings. The Bertz CT molecular complexity index is 894. The molecule has 0 bridgehead atoms. The molecule has 120 valence electrons. The van der Waals surface area contributed by atoms with Crippen LogP contribution < -0.4 is 5.32 Å². The highest BCUT2D eigenvalue weighted by atomic mass is 19.1. The monoisotopic (exact) mass is 327 g/mol. The summed E-state index contributed by atoms with van der Waals surface area (Å²) in [6.45, 7) is 0. The number of rotatable bonds is 3. The average molecular weight is 327 g/mol. The van der Waals surface area contributed by atoms with Crippen LogP contribution in [0.1, 0.15) is 0 Å². The molecule has 0 radical (unpaired) electrons. The lowest BCUT2D eigenvalue weighted by Crippen LogP contribution is -2.19. The van der Waals surface area contributed by atoms with Crippen molar-refractivity contribution in [2.75, 3.05) is 5.32 Å². The van der Waals surface area contributed by atoms with E-state index in [2.05, 4.69) is 15.3 Å². The van der Waals surface area contributed by atoms with Gasteiger partial charge < -0.3 is 0 Å². The van der Waals surface area contributed by atoms with E-state index < -0.39 is 16.8 Å². The van der Waals surface area contributed by atoms with Gasteiger partial charge >= 0.3 is 11.7 Å². The number of imidazole rings is 1. The Kier molecular flexibility index (Phi) is 3.98. The number of pyridine rings is 1. The number of aromatic nitrogens is 3. The van der Waals surface area contributed by atoms with Crippen LogP contribution in [0.15, 0.2) is 55.1 Å². The molecule has 0 atom stereocenters. The lowest BCUT2D eigenvalue weighted by molar-refractivity contribution is -0.384. The van der Waals surface area contributed by atoms with Crippen molar-refractivity contribution in [3.05, 3.63) is 71.1 Å². The zero-order chi connectivity index (χ0) is 17.1. The lowest BCUT2D eigenvalue weighted by atomic mass is 10.1. The first-order chi connectivity index (χ1) is 11.5. The summed E-state index contributed by atoms with van der Waals surface area (Å²) < 4.78 is 14.1. The quantitative estimate of drug-likeness (QED) is 0.588. The van der Waals surface area contributed by atoms with Gasteiger partial charge in [0.05, 0.1) is 10.6 Å². The smallest absolute Gasteiger partial charge is 0.286 e. The summed E-state index contributed by atoms with van der Waals surface area (Å²) in [5.74, 6) is -0.616. The van der Waals surface area contributed by atoms with Crippen LogP contribution in [0.5, 0.6) is 0 Å². The predicted molar refractivity (Wildman–Crippen MR) is 82.9 cm³/mol. The Labute approximate surface area is 134 Å². The van der Waals surface area contributed by atoms with Crippen LogP contribution in [0.4, 0.5) is 20.7 Å². The maximum absolute atomic E-state index is 13.0. The van der Waals surface area contributed by atoms with Crippen molar-refractivity contribution < 1.29 is 14.1 Å². The first-order valence-corrected chi connectivity index (χ1v) is 6.75. The van der Waals surface area contributed by atoms with Gasteiger partial charge in [-0.3, -0.25) is 20.0 Å². The van der Waals surface area contributed by atoms with Crippen molar-refractivity contribution in [2.24, 2.45) is 0 Å². The summed E-state index contributed by atoms with van der Waals surface area (Å²) in [7, 11) is 0. The minimum absolute atomic E-state index is 0.208. The summed E-state index contributed by atoms with van der Waals surface area (Å²) in [4.78, 5) is 30.4. The van der Waals surface area contributed by atoms with E-state index in [-0.39, 0.29) is 11.5 Å². The van der Waals surface area contributed by atoms with E-state index in [4.69, 9.17) is 0 Å². The molecule has 2 aromatic heterocycles. The Balaban J connectivity index is 1.98. The Morgan fingerprint density at radius 1 is 1.21 bits per heavy atom. The Morgan fingerprint density at radius 3 is 2.58 bits per heavy atom. The van der Waals surface area contributed by atoms with Gasteiger partial charge in [-0.25, -0.2) is 19.2 Å². The van der Waals surface area contributed by atoms with Crippen LogP contribution in [-0.4, -0.2) is 25.5 Å². The van der Waals surface area contributed by atoms with E-state index in [1.807, 2.05) is 0 Å². The van der Waals surface area contributed by atoms with Crippen molar-refractivity contribution >= 4 is 17.5 Å². The number of carbonyl (C=O) groups is 1. The highest BCUT2D eigenvalue weighted by Crippen LogP contribution is 2.27. The number of nitrogens with zero attached hydrogens (tertiary/aromatic N) is 4. The maximum Gasteiger partial charge on any atom is 0.332 e. The molecule has 1 aromatic carbocycles. The molecule has 0 saturated heterocycles. The fourth-order valence-corrected chi connectivity index (χ4v) is 2.02. The molecule has 1 N–H and O–H groups in total. The van der Waals surface area contributed by atoms with Crippen LogP contribution in [0.25, 0.3) is 11.3 Å². The number of carbonyl (C=O) groups excluding carboxylic acids is 1. The van der Waals surface area contributed by atoms with E-state index in [1.165, 1.54) is 55.1 Å². The van der Waals surface area contributed by atoms with Gasteiger partial charge in [0.25, 0.3) is 0 Å². The first-order valence-electron chi connectivity index (χ1n) is 6.75. The molecule has 0 spiro atoms. The second-order valence-electron chi connectivity index (χ2n) is 4.73. The van der Waals surface area contributed by atoms with E-state index in [9.17, 15) is 19.3 Å². The van der Waals surface area contributed by atoms with Crippen molar-refractivity contribution in [1.29, 1.82) is 0 Å². The number of benzene rings is 1. The normalized spacial score (nSPS) is 10.4.